The first-order valence-electron chi connectivity index (χ1n) is 6.93. The molecule has 7 nitrogen and oxygen atoms in total. The second kappa shape index (κ2) is 5.72. The number of pyridine rings is 1. The quantitative estimate of drug-likeness (QED) is 0.660. The van der Waals surface area contributed by atoms with Gasteiger partial charge >= 0.3 is 5.69 Å². The highest BCUT2D eigenvalue weighted by atomic mass is 16.6. The zero-order chi connectivity index (χ0) is 13.9. The van der Waals surface area contributed by atoms with E-state index in [4.69, 9.17) is 4.74 Å². The number of hydrogen-bond donors (Lipinski definition) is 1. The van der Waals surface area contributed by atoms with Gasteiger partial charge in [0, 0.05) is 31.4 Å². The zero-order valence-electron chi connectivity index (χ0n) is 11.2. The molecule has 2 unspecified atom stereocenters. The van der Waals surface area contributed by atoms with E-state index in [1.54, 1.807) is 12.3 Å². The summed E-state index contributed by atoms with van der Waals surface area (Å²) in [6.45, 7) is 3.32. The van der Waals surface area contributed by atoms with Gasteiger partial charge in [0.1, 0.15) is 0 Å². The monoisotopic (exact) mass is 278 g/mol. The maximum absolute atomic E-state index is 10.9. The molecule has 0 spiro atoms. The Balaban J connectivity index is 1.58. The molecular formula is C13H18N4O3. The Hall–Kier alpha value is -1.73. The van der Waals surface area contributed by atoms with Gasteiger partial charge in [-0.1, -0.05) is 0 Å². The number of nitrogens with one attached hydrogen (secondary N) is 1. The third-order valence-corrected chi connectivity index (χ3v) is 3.94. The molecule has 0 aliphatic carbocycles. The minimum Gasteiger partial charge on any atom is -0.373 e. The highest BCUT2D eigenvalue weighted by Gasteiger charge is 2.32. The maximum atomic E-state index is 10.9. The van der Waals surface area contributed by atoms with Crippen molar-refractivity contribution in [2.24, 2.45) is 0 Å². The fourth-order valence-electron chi connectivity index (χ4n) is 2.90. The van der Waals surface area contributed by atoms with Crippen LogP contribution in [-0.4, -0.2) is 53.2 Å². The lowest BCUT2D eigenvalue weighted by Gasteiger charge is -2.35. The van der Waals surface area contributed by atoms with Gasteiger partial charge in [-0.25, -0.2) is 4.98 Å². The number of morpholine rings is 1. The summed E-state index contributed by atoms with van der Waals surface area (Å²) in [5.41, 5.74) is 0.00218. The summed E-state index contributed by atoms with van der Waals surface area (Å²) in [4.78, 5) is 17.0. The van der Waals surface area contributed by atoms with Crippen LogP contribution in [0.4, 0.5) is 11.5 Å². The molecule has 0 aromatic carbocycles. The van der Waals surface area contributed by atoms with Crippen LogP contribution in [0.2, 0.25) is 0 Å². The van der Waals surface area contributed by atoms with Crippen molar-refractivity contribution in [1.82, 2.24) is 9.88 Å². The van der Waals surface area contributed by atoms with E-state index < -0.39 is 4.92 Å². The number of anilines is 1. The molecule has 7 heteroatoms. The maximum Gasteiger partial charge on any atom is 0.311 e. The minimum absolute atomic E-state index is 0.00218. The van der Waals surface area contributed by atoms with Gasteiger partial charge in [0.2, 0.25) is 5.82 Å². The summed E-state index contributed by atoms with van der Waals surface area (Å²) in [5, 5.41) is 13.9. The third kappa shape index (κ3) is 2.73. The number of hydrogen-bond acceptors (Lipinski definition) is 6. The molecule has 3 heterocycles. The van der Waals surface area contributed by atoms with Crippen molar-refractivity contribution in [1.29, 1.82) is 0 Å². The Morgan fingerprint density at radius 2 is 2.50 bits per heavy atom. The van der Waals surface area contributed by atoms with Gasteiger partial charge in [-0.2, -0.15) is 0 Å². The van der Waals surface area contributed by atoms with Crippen molar-refractivity contribution in [2.75, 3.05) is 31.6 Å². The van der Waals surface area contributed by atoms with Gasteiger partial charge in [0.15, 0.2) is 0 Å². The van der Waals surface area contributed by atoms with Crippen LogP contribution in [0.15, 0.2) is 18.3 Å². The average molecular weight is 278 g/mol. The largest absolute Gasteiger partial charge is 0.373 e. The van der Waals surface area contributed by atoms with E-state index in [9.17, 15) is 10.1 Å². The van der Waals surface area contributed by atoms with Crippen LogP contribution in [0.1, 0.15) is 12.8 Å². The molecule has 3 rings (SSSR count). The first kappa shape index (κ1) is 13.3. The first-order valence-corrected chi connectivity index (χ1v) is 6.93. The Bertz CT molecular complexity index is 496. The lowest BCUT2D eigenvalue weighted by Crippen LogP contribution is -2.48. The normalized spacial score (nSPS) is 26.2. The van der Waals surface area contributed by atoms with E-state index in [1.165, 1.54) is 18.9 Å². The van der Waals surface area contributed by atoms with E-state index >= 15 is 0 Å². The van der Waals surface area contributed by atoms with E-state index in [0.717, 1.165) is 19.7 Å². The van der Waals surface area contributed by atoms with Crippen molar-refractivity contribution in [2.45, 2.75) is 25.0 Å². The van der Waals surface area contributed by atoms with Crippen molar-refractivity contribution in [3.63, 3.8) is 0 Å². The molecule has 2 aliphatic rings. The number of nitrogens with zero attached hydrogens (tertiary/aromatic N) is 3. The topological polar surface area (TPSA) is 80.5 Å². The molecule has 1 aromatic heterocycles. The molecule has 1 N–H and O–H groups in total. The lowest BCUT2D eigenvalue weighted by atomic mass is 10.2. The molecule has 2 atom stereocenters. The zero-order valence-corrected chi connectivity index (χ0v) is 11.2. The van der Waals surface area contributed by atoms with Gasteiger partial charge in [-0.15, -0.1) is 0 Å². The number of nitro groups is 1. The van der Waals surface area contributed by atoms with E-state index in [0.29, 0.717) is 18.4 Å². The van der Waals surface area contributed by atoms with Crippen molar-refractivity contribution >= 4 is 11.5 Å². The third-order valence-electron chi connectivity index (χ3n) is 3.94. The average Bonchev–Trinajstić information content (AvgIpc) is 2.92. The van der Waals surface area contributed by atoms with Gasteiger partial charge in [-0.05, 0) is 25.5 Å². The lowest BCUT2D eigenvalue weighted by molar-refractivity contribution is -0.384. The smallest absolute Gasteiger partial charge is 0.311 e. The minimum atomic E-state index is -0.423. The molecule has 0 radical (unpaired) electrons. The van der Waals surface area contributed by atoms with Gasteiger partial charge in [0.05, 0.1) is 17.6 Å². The molecule has 20 heavy (non-hydrogen) atoms. The van der Waals surface area contributed by atoms with E-state index in [2.05, 4.69) is 15.2 Å². The Morgan fingerprint density at radius 1 is 1.60 bits per heavy atom. The molecule has 2 fully saturated rings. The molecule has 0 amide bonds. The fraction of sp³-hybridized carbons (Fsp3) is 0.615. The number of fused-ring (bicyclic) bond motifs is 1. The molecule has 0 saturated carbocycles. The predicted molar refractivity (Wildman–Crippen MR) is 73.7 cm³/mol. The van der Waals surface area contributed by atoms with E-state index in [-0.39, 0.29) is 11.8 Å². The van der Waals surface area contributed by atoms with Crippen LogP contribution < -0.4 is 5.32 Å². The van der Waals surface area contributed by atoms with E-state index in [1.807, 2.05) is 0 Å². The molecule has 2 saturated heterocycles. The summed E-state index contributed by atoms with van der Waals surface area (Å²) < 4.78 is 5.81. The summed E-state index contributed by atoms with van der Waals surface area (Å²) in [5.74, 6) is 0.310. The number of ether oxygens (including phenoxy) is 1. The van der Waals surface area contributed by atoms with Crippen LogP contribution >= 0.6 is 0 Å². The van der Waals surface area contributed by atoms with Gasteiger partial charge in [0.25, 0.3) is 0 Å². The van der Waals surface area contributed by atoms with Gasteiger partial charge < -0.3 is 10.1 Å². The number of aromatic nitrogens is 1. The molecule has 2 aliphatic heterocycles. The Kier molecular flexibility index (Phi) is 3.79. The molecular weight excluding hydrogens is 260 g/mol. The second-order valence-corrected chi connectivity index (χ2v) is 5.26. The number of rotatable bonds is 4. The van der Waals surface area contributed by atoms with Crippen LogP contribution in [0.5, 0.6) is 0 Å². The predicted octanol–water partition coefficient (Wildman–Crippen LogP) is 1.26. The fourth-order valence-corrected chi connectivity index (χ4v) is 2.90. The highest BCUT2D eigenvalue weighted by Crippen LogP contribution is 2.24. The molecule has 1 aromatic rings. The Morgan fingerprint density at radius 3 is 3.35 bits per heavy atom. The summed E-state index contributed by atoms with van der Waals surface area (Å²) in [7, 11) is 0. The molecule has 108 valence electrons. The SMILES string of the molecule is O=[N+]([O-])c1cccnc1NCC1CN2CCCC2CO1. The van der Waals surface area contributed by atoms with Gasteiger partial charge in [-0.3, -0.25) is 15.0 Å². The first-order chi connectivity index (χ1) is 9.74. The van der Waals surface area contributed by atoms with Crippen molar-refractivity contribution < 1.29 is 9.66 Å². The second-order valence-electron chi connectivity index (χ2n) is 5.26. The summed E-state index contributed by atoms with van der Waals surface area (Å²) in [6.07, 6.45) is 4.06. The Labute approximate surface area is 117 Å². The standard InChI is InChI=1S/C13H18N4O3/c18-17(19)12-4-1-5-14-13(12)15-7-11-8-16-6-2-3-10(16)9-20-11/h1,4-5,10-11H,2-3,6-9H2,(H,14,15). The van der Waals surface area contributed by atoms with Crippen molar-refractivity contribution in [3.8, 4) is 0 Å². The summed E-state index contributed by atoms with van der Waals surface area (Å²) in [6, 6.07) is 3.58. The van der Waals surface area contributed by atoms with Crippen molar-refractivity contribution in [3.05, 3.63) is 28.4 Å². The summed E-state index contributed by atoms with van der Waals surface area (Å²) >= 11 is 0. The highest BCUT2D eigenvalue weighted by molar-refractivity contribution is 5.55. The van der Waals surface area contributed by atoms with Crippen LogP contribution in [0.25, 0.3) is 0 Å². The van der Waals surface area contributed by atoms with Crippen LogP contribution in [-0.2, 0) is 4.74 Å². The molecule has 0 bridgehead atoms. The van der Waals surface area contributed by atoms with Crippen LogP contribution in [0, 0.1) is 10.1 Å². The van der Waals surface area contributed by atoms with Crippen LogP contribution in [0.3, 0.4) is 0 Å².